The number of rotatable bonds is 7. The van der Waals surface area contributed by atoms with Crippen molar-refractivity contribution in [2.24, 2.45) is 0 Å². The zero-order valence-corrected chi connectivity index (χ0v) is 13.7. The van der Waals surface area contributed by atoms with Crippen LogP contribution in [0, 0.1) is 0 Å². The molecule has 0 aliphatic rings. The number of benzene rings is 2. The highest BCUT2D eigenvalue weighted by Crippen LogP contribution is 2.27. The van der Waals surface area contributed by atoms with Crippen LogP contribution < -0.4 is 10.1 Å². The van der Waals surface area contributed by atoms with Gasteiger partial charge in [-0.25, -0.2) is 0 Å². The van der Waals surface area contributed by atoms with E-state index in [0.717, 1.165) is 25.3 Å². The van der Waals surface area contributed by atoms with Gasteiger partial charge in [-0.2, -0.15) is 0 Å². The fourth-order valence-corrected chi connectivity index (χ4v) is 2.82. The monoisotopic (exact) mass is 305 g/mol. The van der Waals surface area contributed by atoms with E-state index in [9.17, 15) is 4.21 Å². The molecule has 0 fully saturated rings. The highest BCUT2D eigenvalue weighted by atomic mass is 32.2. The van der Waals surface area contributed by atoms with Crippen molar-refractivity contribution >= 4 is 21.6 Å². The SMILES string of the molecule is COc1ccc2ccccc2c1CNCCC(C)S(C)=O. The summed E-state index contributed by atoms with van der Waals surface area (Å²) in [5.74, 6) is 0.910. The molecule has 0 radical (unpaired) electrons. The Hall–Kier alpha value is -1.39. The summed E-state index contributed by atoms with van der Waals surface area (Å²) in [4.78, 5) is 0. The predicted octanol–water partition coefficient (Wildman–Crippen LogP) is 3.10. The van der Waals surface area contributed by atoms with Gasteiger partial charge in [0.1, 0.15) is 5.75 Å². The molecule has 0 spiro atoms. The highest BCUT2D eigenvalue weighted by molar-refractivity contribution is 7.84. The van der Waals surface area contributed by atoms with Crippen LogP contribution in [0.4, 0.5) is 0 Å². The van der Waals surface area contributed by atoms with Gasteiger partial charge in [0.15, 0.2) is 0 Å². The highest BCUT2D eigenvalue weighted by Gasteiger charge is 2.09. The average molecular weight is 305 g/mol. The summed E-state index contributed by atoms with van der Waals surface area (Å²) in [5.41, 5.74) is 1.18. The maximum atomic E-state index is 11.3. The largest absolute Gasteiger partial charge is 0.496 e. The van der Waals surface area contributed by atoms with Gasteiger partial charge in [-0.3, -0.25) is 4.21 Å². The fourth-order valence-electron chi connectivity index (χ4n) is 2.37. The molecule has 0 aliphatic carbocycles. The molecular weight excluding hydrogens is 282 g/mol. The molecule has 0 saturated carbocycles. The van der Waals surface area contributed by atoms with Crippen molar-refractivity contribution < 1.29 is 8.95 Å². The van der Waals surface area contributed by atoms with Crippen LogP contribution in [0.3, 0.4) is 0 Å². The molecule has 0 bridgehead atoms. The summed E-state index contributed by atoms with van der Waals surface area (Å²) < 4.78 is 16.8. The van der Waals surface area contributed by atoms with Gasteiger partial charge >= 0.3 is 0 Å². The Labute approximate surface area is 129 Å². The van der Waals surface area contributed by atoms with Crippen LogP contribution in [0.5, 0.6) is 5.75 Å². The summed E-state index contributed by atoms with van der Waals surface area (Å²) in [6.45, 7) is 3.64. The number of hydrogen-bond donors (Lipinski definition) is 1. The van der Waals surface area contributed by atoms with E-state index < -0.39 is 10.8 Å². The van der Waals surface area contributed by atoms with Crippen LogP contribution in [-0.4, -0.2) is 29.4 Å². The number of nitrogens with one attached hydrogen (secondary N) is 1. The Morgan fingerprint density at radius 1 is 1.24 bits per heavy atom. The zero-order valence-electron chi connectivity index (χ0n) is 12.9. The number of ether oxygens (including phenoxy) is 1. The Bertz CT molecular complexity index is 627. The van der Waals surface area contributed by atoms with Crippen LogP contribution in [0.1, 0.15) is 18.9 Å². The lowest BCUT2D eigenvalue weighted by Gasteiger charge is -2.14. The van der Waals surface area contributed by atoms with E-state index in [4.69, 9.17) is 4.74 Å². The lowest BCUT2D eigenvalue weighted by Crippen LogP contribution is -2.21. The Balaban J connectivity index is 2.08. The van der Waals surface area contributed by atoms with Gasteiger partial charge in [-0.05, 0) is 29.8 Å². The number of hydrogen-bond acceptors (Lipinski definition) is 3. The second kappa shape index (κ2) is 7.57. The second-order valence-corrected chi connectivity index (χ2v) is 7.04. The predicted molar refractivity (Wildman–Crippen MR) is 90.4 cm³/mol. The fraction of sp³-hybridized carbons (Fsp3) is 0.412. The van der Waals surface area contributed by atoms with Crippen molar-refractivity contribution in [3.05, 3.63) is 42.0 Å². The zero-order chi connectivity index (χ0) is 15.2. The topological polar surface area (TPSA) is 38.3 Å². The molecule has 1 N–H and O–H groups in total. The van der Waals surface area contributed by atoms with E-state index in [2.05, 4.69) is 23.5 Å². The molecule has 2 rings (SSSR count). The molecule has 0 aromatic heterocycles. The van der Waals surface area contributed by atoms with E-state index >= 15 is 0 Å². The molecule has 2 atom stereocenters. The Kier molecular flexibility index (Phi) is 5.76. The van der Waals surface area contributed by atoms with E-state index in [1.807, 2.05) is 25.1 Å². The van der Waals surface area contributed by atoms with Crippen molar-refractivity contribution in [3.63, 3.8) is 0 Å². The standard InChI is InChI=1S/C17H23NO2S/c1-13(21(3)19)10-11-18-12-16-15-7-5-4-6-14(15)8-9-17(16)20-2/h4-9,13,18H,10-12H2,1-3H3. The summed E-state index contributed by atoms with van der Waals surface area (Å²) >= 11 is 0. The third-order valence-electron chi connectivity index (χ3n) is 3.81. The molecule has 0 saturated heterocycles. The van der Waals surface area contributed by atoms with Crippen molar-refractivity contribution in [1.82, 2.24) is 5.32 Å². The molecule has 0 heterocycles. The second-order valence-electron chi connectivity index (χ2n) is 5.24. The summed E-state index contributed by atoms with van der Waals surface area (Å²) in [7, 11) is 0.953. The minimum Gasteiger partial charge on any atom is -0.496 e. The van der Waals surface area contributed by atoms with Gasteiger partial charge < -0.3 is 10.1 Å². The number of methoxy groups -OCH3 is 1. The van der Waals surface area contributed by atoms with Gasteiger partial charge in [0.2, 0.25) is 0 Å². The Morgan fingerprint density at radius 2 is 2.00 bits per heavy atom. The van der Waals surface area contributed by atoms with Crippen LogP contribution in [-0.2, 0) is 17.3 Å². The number of fused-ring (bicyclic) bond motifs is 1. The molecule has 2 unspecified atom stereocenters. The molecule has 3 nitrogen and oxygen atoms in total. The van der Waals surface area contributed by atoms with Gasteiger partial charge in [0.25, 0.3) is 0 Å². The third-order valence-corrected chi connectivity index (χ3v) is 5.18. The molecule has 0 amide bonds. The van der Waals surface area contributed by atoms with Crippen LogP contribution in [0.15, 0.2) is 36.4 Å². The lowest BCUT2D eigenvalue weighted by molar-refractivity contribution is 0.408. The summed E-state index contributed by atoms with van der Waals surface area (Å²) in [6.07, 6.45) is 2.68. The third kappa shape index (κ3) is 4.05. The first-order valence-electron chi connectivity index (χ1n) is 7.21. The first-order chi connectivity index (χ1) is 10.1. The summed E-state index contributed by atoms with van der Waals surface area (Å²) in [5, 5.41) is 6.11. The smallest absolute Gasteiger partial charge is 0.123 e. The van der Waals surface area contributed by atoms with Gasteiger partial charge in [0, 0.05) is 34.4 Å². The minimum absolute atomic E-state index is 0.229. The van der Waals surface area contributed by atoms with E-state index in [1.165, 1.54) is 16.3 Å². The van der Waals surface area contributed by atoms with Gasteiger partial charge in [-0.15, -0.1) is 0 Å². The first-order valence-corrected chi connectivity index (χ1v) is 8.83. The van der Waals surface area contributed by atoms with Crippen molar-refractivity contribution in [3.8, 4) is 5.75 Å². The maximum absolute atomic E-state index is 11.3. The first kappa shape index (κ1) is 16.0. The van der Waals surface area contributed by atoms with Crippen LogP contribution in [0.25, 0.3) is 10.8 Å². The quantitative estimate of drug-likeness (QED) is 0.799. The normalized spacial score (nSPS) is 14.0. The van der Waals surface area contributed by atoms with Crippen molar-refractivity contribution in [1.29, 1.82) is 0 Å². The van der Waals surface area contributed by atoms with Crippen LogP contribution >= 0.6 is 0 Å². The molecule has 2 aromatic carbocycles. The molecular formula is C17H23NO2S. The van der Waals surface area contributed by atoms with Crippen molar-refractivity contribution in [2.45, 2.75) is 25.1 Å². The maximum Gasteiger partial charge on any atom is 0.123 e. The van der Waals surface area contributed by atoms with Gasteiger partial charge in [0.05, 0.1) is 7.11 Å². The van der Waals surface area contributed by atoms with Crippen LogP contribution in [0.2, 0.25) is 0 Å². The van der Waals surface area contributed by atoms with E-state index in [-0.39, 0.29) is 5.25 Å². The van der Waals surface area contributed by atoms with E-state index in [0.29, 0.717) is 0 Å². The van der Waals surface area contributed by atoms with Crippen molar-refractivity contribution in [2.75, 3.05) is 19.9 Å². The molecule has 0 aliphatic heterocycles. The molecule has 114 valence electrons. The van der Waals surface area contributed by atoms with E-state index in [1.54, 1.807) is 13.4 Å². The minimum atomic E-state index is -0.751. The lowest BCUT2D eigenvalue weighted by atomic mass is 10.0. The Morgan fingerprint density at radius 3 is 2.71 bits per heavy atom. The van der Waals surface area contributed by atoms with Gasteiger partial charge in [-0.1, -0.05) is 37.3 Å². The summed E-state index contributed by atoms with van der Waals surface area (Å²) in [6, 6.07) is 12.4. The molecule has 21 heavy (non-hydrogen) atoms. The average Bonchev–Trinajstić information content (AvgIpc) is 2.50. The molecule has 4 heteroatoms. The molecule has 2 aromatic rings.